The zero-order valence-corrected chi connectivity index (χ0v) is 10.7. The highest BCUT2D eigenvalue weighted by atomic mass is 35.5. The van der Waals surface area contributed by atoms with E-state index >= 15 is 0 Å². The van der Waals surface area contributed by atoms with Crippen LogP contribution >= 0.6 is 11.6 Å². The Morgan fingerprint density at radius 2 is 2.26 bits per heavy atom. The molecule has 1 atom stereocenters. The highest BCUT2D eigenvalue weighted by Crippen LogP contribution is 2.24. The summed E-state index contributed by atoms with van der Waals surface area (Å²) in [5.74, 6) is 2.21. The molecule has 1 aromatic rings. The van der Waals surface area contributed by atoms with Crippen LogP contribution in [-0.4, -0.2) is 22.0 Å². The van der Waals surface area contributed by atoms with Crippen molar-refractivity contribution in [3.8, 4) is 12.3 Å². The molecule has 0 saturated carbocycles. The van der Waals surface area contributed by atoms with Crippen molar-refractivity contribution in [3.63, 3.8) is 0 Å². The summed E-state index contributed by atoms with van der Waals surface area (Å²) in [5, 5.41) is 6.07. The van der Waals surface area contributed by atoms with Gasteiger partial charge in [-0.2, -0.15) is 18.3 Å². The number of alkyl halides is 3. The largest absolute Gasteiger partial charge is 0.391 e. The van der Waals surface area contributed by atoms with Gasteiger partial charge in [-0.25, -0.2) is 4.68 Å². The molecule has 0 spiro atoms. The molecular weight excluding hydrogens is 283 g/mol. The summed E-state index contributed by atoms with van der Waals surface area (Å²) in [7, 11) is 0. The number of nitrogens with zero attached hydrogens (tertiary/aromatic N) is 2. The molecule has 1 N–H and O–H groups in total. The number of anilines is 1. The molecule has 0 fully saturated rings. The second kappa shape index (κ2) is 5.97. The number of hydrogen-bond acceptors (Lipinski definition) is 3. The maximum atomic E-state index is 12.2. The molecule has 0 radical (unpaired) electrons. The standard InChI is InChI=1S/C11H11ClF3N3O/c1-3-4-18-10(19)9(8(12)6-16-18)17-7(2)5-11(13,14)15/h1,6-7,17H,4-5H2,2H3. The van der Waals surface area contributed by atoms with Gasteiger partial charge in [-0.1, -0.05) is 17.5 Å². The lowest BCUT2D eigenvalue weighted by molar-refractivity contribution is -0.136. The van der Waals surface area contributed by atoms with Crippen molar-refractivity contribution < 1.29 is 13.2 Å². The molecule has 4 nitrogen and oxygen atoms in total. The van der Waals surface area contributed by atoms with E-state index in [1.165, 1.54) is 6.92 Å². The lowest BCUT2D eigenvalue weighted by Crippen LogP contribution is -2.31. The van der Waals surface area contributed by atoms with E-state index in [2.05, 4.69) is 16.3 Å². The van der Waals surface area contributed by atoms with Crippen molar-refractivity contribution in [2.45, 2.75) is 32.1 Å². The van der Waals surface area contributed by atoms with Gasteiger partial charge in [0.15, 0.2) is 0 Å². The number of aromatic nitrogens is 2. The minimum Gasteiger partial charge on any atom is -0.376 e. The Kier molecular flexibility index (Phi) is 4.84. The molecule has 0 amide bonds. The summed E-state index contributed by atoms with van der Waals surface area (Å²) in [6, 6.07) is -0.994. The Balaban J connectivity index is 2.98. The number of hydrogen-bond donors (Lipinski definition) is 1. The van der Waals surface area contributed by atoms with Crippen LogP contribution in [0.25, 0.3) is 0 Å². The molecule has 1 rings (SSSR count). The molecular formula is C11H11ClF3N3O. The molecule has 8 heteroatoms. The Morgan fingerprint density at radius 1 is 1.63 bits per heavy atom. The van der Waals surface area contributed by atoms with E-state index in [-0.39, 0.29) is 17.3 Å². The minimum absolute atomic E-state index is 0.0488. The van der Waals surface area contributed by atoms with Crippen LogP contribution < -0.4 is 10.9 Å². The lowest BCUT2D eigenvalue weighted by Gasteiger charge is -2.17. The van der Waals surface area contributed by atoms with E-state index in [9.17, 15) is 18.0 Å². The van der Waals surface area contributed by atoms with E-state index in [4.69, 9.17) is 18.0 Å². The van der Waals surface area contributed by atoms with Crippen molar-refractivity contribution >= 4 is 17.3 Å². The van der Waals surface area contributed by atoms with Crippen LogP contribution in [0.5, 0.6) is 0 Å². The normalized spacial score (nSPS) is 12.8. The van der Waals surface area contributed by atoms with Gasteiger partial charge in [0.25, 0.3) is 5.56 Å². The lowest BCUT2D eigenvalue weighted by atomic mass is 10.2. The fraction of sp³-hybridized carbons (Fsp3) is 0.455. The number of halogens is 4. The minimum atomic E-state index is -4.33. The third-order valence-electron chi connectivity index (χ3n) is 2.17. The molecule has 0 aliphatic rings. The molecule has 0 bridgehead atoms. The van der Waals surface area contributed by atoms with Crippen LogP contribution in [0.3, 0.4) is 0 Å². The second-order valence-electron chi connectivity index (χ2n) is 3.90. The molecule has 0 aliphatic carbocycles. The quantitative estimate of drug-likeness (QED) is 0.867. The predicted molar refractivity (Wildman–Crippen MR) is 66.1 cm³/mol. The Hall–Kier alpha value is -1.68. The first kappa shape index (κ1) is 15.4. The average Bonchev–Trinajstić information content (AvgIpc) is 2.26. The van der Waals surface area contributed by atoms with Crippen LogP contribution in [0.2, 0.25) is 5.02 Å². The van der Waals surface area contributed by atoms with E-state index in [1.807, 2.05) is 0 Å². The van der Waals surface area contributed by atoms with Gasteiger partial charge in [0, 0.05) is 6.04 Å². The first-order chi connectivity index (χ1) is 8.74. The van der Waals surface area contributed by atoms with Gasteiger partial charge in [-0.3, -0.25) is 4.79 Å². The van der Waals surface area contributed by atoms with Gasteiger partial charge >= 0.3 is 6.18 Å². The van der Waals surface area contributed by atoms with Gasteiger partial charge in [-0.15, -0.1) is 6.42 Å². The van der Waals surface area contributed by atoms with E-state index < -0.39 is 24.2 Å². The molecule has 19 heavy (non-hydrogen) atoms. The fourth-order valence-electron chi connectivity index (χ4n) is 1.44. The maximum Gasteiger partial charge on any atom is 0.391 e. The zero-order chi connectivity index (χ0) is 14.6. The summed E-state index contributed by atoms with van der Waals surface area (Å²) in [4.78, 5) is 11.9. The first-order valence-corrected chi connectivity index (χ1v) is 5.64. The number of rotatable bonds is 4. The molecule has 1 heterocycles. The van der Waals surface area contributed by atoms with Crippen LogP contribution in [0.4, 0.5) is 18.9 Å². The second-order valence-corrected chi connectivity index (χ2v) is 4.31. The van der Waals surface area contributed by atoms with E-state index in [0.717, 1.165) is 10.9 Å². The van der Waals surface area contributed by atoms with E-state index in [1.54, 1.807) is 0 Å². The molecule has 0 aromatic carbocycles. The molecule has 1 aromatic heterocycles. The molecule has 104 valence electrons. The third kappa shape index (κ3) is 4.48. The van der Waals surface area contributed by atoms with Crippen molar-refractivity contribution in [1.29, 1.82) is 0 Å². The summed E-state index contributed by atoms with van der Waals surface area (Å²) < 4.78 is 37.6. The third-order valence-corrected chi connectivity index (χ3v) is 2.45. The van der Waals surface area contributed by atoms with Crippen molar-refractivity contribution in [1.82, 2.24) is 9.78 Å². The van der Waals surface area contributed by atoms with Crippen molar-refractivity contribution in [2.75, 3.05) is 5.32 Å². The average molecular weight is 294 g/mol. The zero-order valence-electron chi connectivity index (χ0n) is 9.96. The summed E-state index contributed by atoms with van der Waals surface area (Å²) >= 11 is 5.75. The summed E-state index contributed by atoms with van der Waals surface area (Å²) in [5.41, 5.74) is -0.789. The molecule has 0 saturated heterocycles. The molecule has 0 aliphatic heterocycles. The van der Waals surface area contributed by atoms with Crippen LogP contribution in [0.1, 0.15) is 13.3 Å². The fourth-order valence-corrected chi connectivity index (χ4v) is 1.62. The van der Waals surface area contributed by atoms with Crippen molar-refractivity contribution in [3.05, 3.63) is 21.6 Å². The Labute approximate surface area is 112 Å². The van der Waals surface area contributed by atoms with Gasteiger partial charge in [0.1, 0.15) is 12.2 Å². The van der Waals surface area contributed by atoms with Crippen LogP contribution in [0.15, 0.2) is 11.0 Å². The van der Waals surface area contributed by atoms with Crippen molar-refractivity contribution in [2.24, 2.45) is 0 Å². The highest BCUT2D eigenvalue weighted by Gasteiger charge is 2.30. The highest BCUT2D eigenvalue weighted by molar-refractivity contribution is 6.33. The van der Waals surface area contributed by atoms with Gasteiger partial charge in [0.05, 0.1) is 17.6 Å². The van der Waals surface area contributed by atoms with Gasteiger partial charge in [0.2, 0.25) is 0 Å². The maximum absolute atomic E-state index is 12.2. The summed E-state index contributed by atoms with van der Waals surface area (Å²) in [6.45, 7) is 1.22. The first-order valence-electron chi connectivity index (χ1n) is 5.27. The monoisotopic (exact) mass is 293 g/mol. The van der Waals surface area contributed by atoms with Gasteiger partial charge < -0.3 is 5.32 Å². The topological polar surface area (TPSA) is 46.9 Å². The molecule has 1 unspecified atom stereocenters. The van der Waals surface area contributed by atoms with E-state index in [0.29, 0.717) is 0 Å². The summed E-state index contributed by atoms with van der Waals surface area (Å²) in [6.07, 6.45) is 0.793. The smallest absolute Gasteiger partial charge is 0.376 e. The Bertz CT molecular complexity index is 548. The number of nitrogens with one attached hydrogen (secondary N) is 1. The Morgan fingerprint density at radius 3 is 2.79 bits per heavy atom. The SMILES string of the molecule is C#CCn1ncc(Cl)c(NC(C)CC(F)(F)F)c1=O. The van der Waals surface area contributed by atoms with Gasteiger partial charge in [-0.05, 0) is 6.92 Å². The predicted octanol–water partition coefficient (Wildman–Crippen LogP) is 2.28. The van der Waals surface area contributed by atoms with Crippen LogP contribution in [0, 0.1) is 12.3 Å². The van der Waals surface area contributed by atoms with Crippen LogP contribution in [-0.2, 0) is 6.54 Å². The number of terminal acetylenes is 1.